The van der Waals surface area contributed by atoms with E-state index in [1.807, 2.05) is 0 Å². The molecule has 1 aromatic carbocycles. The second kappa shape index (κ2) is 3.37. The minimum Gasteiger partial charge on any atom is -0.399 e. The van der Waals surface area contributed by atoms with Gasteiger partial charge in [-0.05, 0) is 25.1 Å². The highest BCUT2D eigenvalue weighted by Crippen LogP contribution is 2.35. The molecule has 0 saturated heterocycles. The largest absolute Gasteiger partial charge is 0.417 e. The van der Waals surface area contributed by atoms with Gasteiger partial charge in [-0.1, -0.05) is 6.07 Å². The van der Waals surface area contributed by atoms with Crippen molar-refractivity contribution in [2.45, 2.75) is 13.1 Å². The van der Waals surface area contributed by atoms with Gasteiger partial charge in [0.1, 0.15) is 0 Å². The zero-order valence-electron chi connectivity index (χ0n) is 8.47. The molecule has 0 atom stereocenters. The molecule has 0 amide bonds. The molecule has 0 saturated carbocycles. The van der Waals surface area contributed by atoms with E-state index in [0.717, 1.165) is 6.07 Å². The minimum absolute atomic E-state index is 0.0762. The lowest BCUT2D eigenvalue weighted by Gasteiger charge is -2.11. The number of aromatic nitrogens is 1. The normalized spacial score (nSPS) is 12.0. The number of nitrogens with zero attached hydrogens (tertiary/aromatic N) is 1. The fraction of sp³-hybridized carbons (Fsp3) is 0.182. The Morgan fingerprint density at radius 2 is 1.88 bits per heavy atom. The van der Waals surface area contributed by atoms with Crippen molar-refractivity contribution in [3.05, 3.63) is 35.5 Å². The zero-order valence-corrected chi connectivity index (χ0v) is 8.47. The summed E-state index contributed by atoms with van der Waals surface area (Å²) in [6, 6.07) is 5.27. The van der Waals surface area contributed by atoms with Crippen LogP contribution in [0.1, 0.15) is 11.3 Å². The van der Waals surface area contributed by atoms with Crippen molar-refractivity contribution < 1.29 is 13.2 Å². The highest BCUT2D eigenvalue weighted by molar-refractivity contribution is 5.85. The average molecular weight is 226 g/mol. The van der Waals surface area contributed by atoms with Crippen molar-refractivity contribution in [1.29, 1.82) is 0 Å². The summed E-state index contributed by atoms with van der Waals surface area (Å²) in [5, 5.41) is 0.0762. The number of nitrogen functional groups attached to an aromatic ring is 1. The van der Waals surface area contributed by atoms with E-state index in [1.165, 1.54) is 25.1 Å². The van der Waals surface area contributed by atoms with Gasteiger partial charge in [-0.2, -0.15) is 13.2 Å². The molecule has 0 radical (unpaired) electrons. The maximum Gasteiger partial charge on any atom is 0.417 e. The van der Waals surface area contributed by atoms with Gasteiger partial charge < -0.3 is 5.73 Å². The first kappa shape index (κ1) is 10.7. The molecule has 5 heteroatoms. The number of rotatable bonds is 0. The fourth-order valence-corrected chi connectivity index (χ4v) is 1.61. The van der Waals surface area contributed by atoms with Gasteiger partial charge in [0.25, 0.3) is 0 Å². The molecule has 2 N–H and O–H groups in total. The van der Waals surface area contributed by atoms with E-state index in [1.54, 1.807) is 0 Å². The molecular formula is C11H9F3N2. The Labute approximate surface area is 89.9 Å². The van der Waals surface area contributed by atoms with Gasteiger partial charge in [0.05, 0.1) is 11.1 Å². The van der Waals surface area contributed by atoms with Gasteiger partial charge in [0.15, 0.2) is 0 Å². The van der Waals surface area contributed by atoms with Crippen LogP contribution in [0.15, 0.2) is 24.3 Å². The number of benzene rings is 1. The van der Waals surface area contributed by atoms with Gasteiger partial charge >= 0.3 is 6.18 Å². The quantitative estimate of drug-likeness (QED) is 0.701. The summed E-state index contributed by atoms with van der Waals surface area (Å²) < 4.78 is 38.2. The Morgan fingerprint density at radius 1 is 1.19 bits per heavy atom. The minimum atomic E-state index is -4.37. The van der Waals surface area contributed by atoms with Crippen molar-refractivity contribution in [2.24, 2.45) is 0 Å². The van der Waals surface area contributed by atoms with Gasteiger partial charge in [-0.15, -0.1) is 0 Å². The molecular weight excluding hydrogens is 217 g/mol. The van der Waals surface area contributed by atoms with Crippen molar-refractivity contribution in [1.82, 2.24) is 4.98 Å². The smallest absolute Gasteiger partial charge is 0.399 e. The topological polar surface area (TPSA) is 38.9 Å². The molecule has 0 aliphatic carbocycles. The van der Waals surface area contributed by atoms with Crippen molar-refractivity contribution in [3.8, 4) is 0 Å². The van der Waals surface area contributed by atoms with Crippen LogP contribution in [-0.2, 0) is 6.18 Å². The van der Waals surface area contributed by atoms with Crippen LogP contribution in [0.4, 0.5) is 18.9 Å². The monoisotopic (exact) mass is 226 g/mol. The summed E-state index contributed by atoms with van der Waals surface area (Å²) in [6.45, 7) is 1.53. The van der Waals surface area contributed by atoms with Crippen molar-refractivity contribution in [3.63, 3.8) is 0 Å². The number of hydrogen-bond donors (Lipinski definition) is 1. The lowest BCUT2D eigenvalue weighted by molar-refractivity contribution is -0.136. The Morgan fingerprint density at radius 3 is 2.50 bits per heavy atom. The van der Waals surface area contributed by atoms with Gasteiger partial charge in [0, 0.05) is 16.8 Å². The summed E-state index contributed by atoms with van der Waals surface area (Å²) >= 11 is 0. The van der Waals surface area contributed by atoms with Crippen LogP contribution in [0.3, 0.4) is 0 Å². The predicted molar refractivity (Wildman–Crippen MR) is 55.9 cm³/mol. The lowest BCUT2D eigenvalue weighted by Crippen LogP contribution is -2.07. The molecule has 0 aliphatic rings. The number of aryl methyl sites for hydroxylation is 1. The molecule has 16 heavy (non-hydrogen) atoms. The van der Waals surface area contributed by atoms with Gasteiger partial charge in [-0.3, -0.25) is 4.98 Å². The first-order valence-corrected chi connectivity index (χ1v) is 4.62. The van der Waals surface area contributed by atoms with Crippen LogP contribution in [0.25, 0.3) is 10.9 Å². The number of anilines is 1. The Kier molecular flexibility index (Phi) is 2.26. The first-order valence-electron chi connectivity index (χ1n) is 4.62. The number of halogens is 3. The highest BCUT2D eigenvalue weighted by Gasteiger charge is 2.33. The number of pyridine rings is 1. The van der Waals surface area contributed by atoms with Crippen LogP contribution in [0.2, 0.25) is 0 Å². The van der Waals surface area contributed by atoms with Crippen LogP contribution in [-0.4, -0.2) is 4.98 Å². The zero-order chi connectivity index (χ0) is 11.9. The first-order chi connectivity index (χ1) is 7.38. The maximum absolute atomic E-state index is 12.7. The van der Waals surface area contributed by atoms with E-state index in [9.17, 15) is 13.2 Å². The van der Waals surface area contributed by atoms with Gasteiger partial charge in [-0.25, -0.2) is 0 Å². The molecule has 2 nitrogen and oxygen atoms in total. The Hall–Kier alpha value is -1.78. The molecule has 2 rings (SSSR count). The van der Waals surface area contributed by atoms with Crippen molar-refractivity contribution >= 4 is 16.6 Å². The molecule has 0 bridgehead atoms. The number of nitrogens with two attached hydrogens (primary N) is 1. The van der Waals surface area contributed by atoms with E-state index < -0.39 is 11.7 Å². The molecule has 0 unspecified atom stereocenters. The molecule has 0 spiro atoms. The van der Waals surface area contributed by atoms with Crippen LogP contribution >= 0.6 is 0 Å². The standard InChI is InChI=1S/C11H9F3N2/c1-6-4-9(11(12,13)14)8-3-2-7(15)5-10(8)16-6/h2-5H,15H2,1H3. The number of hydrogen-bond acceptors (Lipinski definition) is 2. The summed E-state index contributed by atoms with van der Waals surface area (Å²) in [4.78, 5) is 4.03. The van der Waals surface area contributed by atoms with Crippen molar-refractivity contribution in [2.75, 3.05) is 5.73 Å². The fourth-order valence-electron chi connectivity index (χ4n) is 1.61. The third-order valence-electron chi connectivity index (χ3n) is 2.27. The predicted octanol–water partition coefficient (Wildman–Crippen LogP) is 3.14. The van der Waals surface area contributed by atoms with E-state index in [0.29, 0.717) is 11.4 Å². The van der Waals surface area contributed by atoms with Crippen LogP contribution in [0, 0.1) is 6.92 Å². The summed E-state index contributed by atoms with van der Waals surface area (Å²) in [7, 11) is 0. The summed E-state index contributed by atoms with van der Waals surface area (Å²) in [6.07, 6.45) is -4.37. The van der Waals surface area contributed by atoms with E-state index in [-0.39, 0.29) is 10.9 Å². The van der Waals surface area contributed by atoms with E-state index in [4.69, 9.17) is 5.73 Å². The summed E-state index contributed by atoms with van der Waals surface area (Å²) in [5.41, 5.74) is 5.84. The van der Waals surface area contributed by atoms with Gasteiger partial charge in [0.2, 0.25) is 0 Å². The molecule has 84 valence electrons. The third-order valence-corrected chi connectivity index (χ3v) is 2.27. The molecule has 1 aromatic heterocycles. The van der Waals surface area contributed by atoms with Crippen LogP contribution in [0.5, 0.6) is 0 Å². The average Bonchev–Trinajstić information content (AvgIpc) is 2.14. The lowest BCUT2D eigenvalue weighted by atomic mass is 10.1. The Bertz CT molecular complexity index is 541. The second-order valence-electron chi connectivity index (χ2n) is 3.59. The second-order valence-corrected chi connectivity index (χ2v) is 3.59. The summed E-state index contributed by atoms with van der Waals surface area (Å²) in [5.74, 6) is 0. The molecule has 0 aliphatic heterocycles. The highest BCUT2D eigenvalue weighted by atomic mass is 19.4. The molecule has 1 heterocycles. The molecule has 0 fully saturated rings. The SMILES string of the molecule is Cc1cc(C(F)(F)F)c2ccc(N)cc2n1. The van der Waals surface area contributed by atoms with Crippen LogP contribution < -0.4 is 5.73 Å². The number of alkyl halides is 3. The maximum atomic E-state index is 12.7. The Balaban J connectivity index is 2.83. The van der Waals surface area contributed by atoms with E-state index >= 15 is 0 Å². The third kappa shape index (κ3) is 1.80. The van der Waals surface area contributed by atoms with E-state index in [2.05, 4.69) is 4.98 Å². The number of fused-ring (bicyclic) bond motifs is 1. The molecule has 2 aromatic rings.